The Morgan fingerprint density at radius 2 is 1.87 bits per heavy atom. The van der Waals surface area contributed by atoms with Crippen LogP contribution >= 0.6 is 23.9 Å². The Kier molecular flexibility index (Phi) is 6.90. The van der Waals surface area contributed by atoms with Crippen LogP contribution in [0.3, 0.4) is 0 Å². The maximum absolute atomic E-state index is 5.16. The van der Waals surface area contributed by atoms with Crippen molar-refractivity contribution in [3.8, 4) is 0 Å². The summed E-state index contributed by atoms with van der Waals surface area (Å²) in [6.07, 6.45) is 6.42. The molecule has 1 rings (SSSR count). The zero-order valence-corrected chi connectivity index (χ0v) is 10.6. The lowest BCUT2D eigenvalue weighted by Crippen LogP contribution is -1.85. The van der Waals surface area contributed by atoms with Crippen molar-refractivity contribution in [2.45, 2.75) is 43.9 Å². The summed E-state index contributed by atoms with van der Waals surface area (Å²) in [5.41, 5.74) is 1.39. The first kappa shape index (κ1) is 12.9. The van der Waals surface area contributed by atoms with Gasteiger partial charge in [-0.3, -0.25) is 0 Å². The SMILES string of the molecule is CCCCCCc1ccc(SOCl)cc1. The van der Waals surface area contributed by atoms with Crippen LogP contribution < -0.4 is 0 Å². The van der Waals surface area contributed by atoms with Crippen LogP contribution in [0.5, 0.6) is 0 Å². The fourth-order valence-corrected chi connectivity index (χ4v) is 2.04. The molecule has 84 valence electrons. The second-order valence-corrected chi connectivity index (χ2v) is 4.74. The highest BCUT2D eigenvalue weighted by atomic mass is 35.5. The van der Waals surface area contributed by atoms with E-state index in [2.05, 4.69) is 22.8 Å². The molecule has 0 saturated heterocycles. The van der Waals surface area contributed by atoms with Crippen LogP contribution in [0.4, 0.5) is 0 Å². The van der Waals surface area contributed by atoms with Crippen molar-refractivity contribution in [1.29, 1.82) is 0 Å². The number of rotatable bonds is 7. The van der Waals surface area contributed by atoms with Gasteiger partial charge in [0, 0.05) is 4.90 Å². The molecule has 15 heavy (non-hydrogen) atoms. The Morgan fingerprint density at radius 3 is 2.47 bits per heavy atom. The summed E-state index contributed by atoms with van der Waals surface area (Å²) in [6, 6.07) is 8.37. The van der Waals surface area contributed by atoms with Crippen LogP contribution in [0.25, 0.3) is 0 Å². The summed E-state index contributed by atoms with van der Waals surface area (Å²) in [4.78, 5) is 1.04. The van der Waals surface area contributed by atoms with Gasteiger partial charge in [0.2, 0.25) is 0 Å². The molecule has 0 radical (unpaired) electrons. The first-order chi connectivity index (χ1) is 7.36. The molecule has 0 fully saturated rings. The van der Waals surface area contributed by atoms with E-state index in [1.54, 1.807) is 0 Å². The number of halogens is 1. The third-order valence-electron chi connectivity index (χ3n) is 2.37. The van der Waals surface area contributed by atoms with E-state index in [-0.39, 0.29) is 0 Å². The van der Waals surface area contributed by atoms with Gasteiger partial charge in [0.15, 0.2) is 0 Å². The van der Waals surface area contributed by atoms with Gasteiger partial charge in [-0.2, -0.15) is 0 Å². The van der Waals surface area contributed by atoms with Gasteiger partial charge < -0.3 is 0 Å². The third kappa shape index (κ3) is 5.45. The van der Waals surface area contributed by atoms with Crippen LogP contribution in [0.1, 0.15) is 38.2 Å². The lowest BCUT2D eigenvalue weighted by molar-refractivity contribution is 0.666. The van der Waals surface area contributed by atoms with Gasteiger partial charge in [0.25, 0.3) is 0 Å². The topological polar surface area (TPSA) is 9.23 Å². The lowest BCUT2D eigenvalue weighted by atomic mass is 10.1. The summed E-state index contributed by atoms with van der Waals surface area (Å²) in [7, 11) is 0. The first-order valence-corrected chi connectivity index (χ1v) is 6.46. The molecule has 0 heterocycles. The van der Waals surface area contributed by atoms with Crippen molar-refractivity contribution in [3.63, 3.8) is 0 Å². The molecule has 0 aliphatic carbocycles. The molecule has 0 spiro atoms. The molecule has 0 N–H and O–H groups in total. The van der Waals surface area contributed by atoms with Crippen LogP contribution in [-0.2, 0) is 10.2 Å². The summed E-state index contributed by atoms with van der Waals surface area (Å²) >= 11 is 6.34. The molecule has 0 aliphatic heterocycles. The molecule has 0 amide bonds. The molecule has 0 aliphatic rings. The average Bonchev–Trinajstić information content (AvgIpc) is 2.27. The molecule has 0 unspecified atom stereocenters. The van der Waals surface area contributed by atoms with E-state index in [4.69, 9.17) is 11.9 Å². The Hall–Kier alpha value is -0.180. The van der Waals surface area contributed by atoms with Crippen LogP contribution in [0.15, 0.2) is 29.2 Å². The number of unbranched alkanes of at least 4 members (excludes halogenated alkanes) is 3. The molecule has 0 saturated carbocycles. The van der Waals surface area contributed by atoms with E-state index in [0.717, 1.165) is 4.90 Å². The largest absolute Gasteiger partial charge is 0.202 e. The van der Waals surface area contributed by atoms with Crippen molar-refractivity contribution in [3.05, 3.63) is 29.8 Å². The summed E-state index contributed by atoms with van der Waals surface area (Å²) in [5.74, 6) is 0. The summed E-state index contributed by atoms with van der Waals surface area (Å²) < 4.78 is 4.47. The second-order valence-electron chi connectivity index (χ2n) is 3.60. The van der Waals surface area contributed by atoms with E-state index < -0.39 is 0 Å². The lowest BCUT2D eigenvalue weighted by Gasteiger charge is -2.02. The average molecular weight is 245 g/mol. The molecular weight excluding hydrogens is 228 g/mol. The highest BCUT2D eigenvalue weighted by molar-refractivity contribution is 7.95. The summed E-state index contributed by atoms with van der Waals surface area (Å²) in [5, 5.41) is 0. The predicted octanol–water partition coefficient (Wildman–Crippen LogP) is 4.99. The molecule has 1 aromatic rings. The smallest absolute Gasteiger partial charge is 0.0757 e. The maximum atomic E-state index is 5.16. The van der Waals surface area contributed by atoms with Crippen LogP contribution in [-0.4, -0.2) is 0 Å². The number of benzene rings is 1. The van der Waals surface area contributed by atoms with Crippen molar-refractivity contribution in [1.82, 2.24) is 0 Å². The molecule has 1 nitrogen and oxygen atoms in total. The quantitative estimate of drug-likeness (QED) is 0.494. The van der Waals surface area contributed by atoms with Gasteiger partial charge in [-0.1, -0.05) is 38.3 Å². The first-order valence-electron chi connectivity index (χ1n) is 5.41. The minimum atomic E-state index is 1.04. The monoisotopic (exact) mass is 244 g/mol. The summed E-state index contributed by atoms with van der Waals surface area (Å²) in [6.45, 7) is 2.23. The molecular formula is C12H17ClOS. The van der Waals surface area contributed by atoms with Crippen molar-refractivity contribution in [2.24, 2.45) is 0 Å². The van der Waals surface area contributed by atoms with Gasteiger partial charge in [-0.05, 0) is 30.5 Å². The fraction of sp³-hybridized carbons (Fsp3) is 0.500. The zero-order valence-electron chi connectivity index (χ0n) is 9.04. The number of hydrogen-bond donors (Lipinski definition) is 0. The molecule has 0 atom stereocenters. The Bertz CT molecular complexity index is 261. The molecule has 0 aromatic heterocycles. The van der Waals surface area contributed by atoms with E-state index >= 15 is 0 Å². The fourth-order valence-electron chi connectivity index (χ4n) is 1.50. The van der Waals surface area contributed by atoms with Crippen molar-refractivity contribution < 1.29 is 3.74 Å². The normalized spacial score (nSPS) is 10.5. The van der Waals surface area contributed by atoms with E-state index in [0.29, 0.717) is 0 Å². The zero-order chi connectivity index (χ0) is 10.9. The van der Waals surface area contributed by atoms with Crippen molar-refractivity contribution in [2.75, 3.05) is 0 Å². The molecule has 1 aromatic carbocycles. The van der Waals surface area contributed by atoms with E-state index in [9.17, 15) is 0 Å². The predicted molar refractivity (Wildman–Crippen MR) is 67.1 cm³/mol. The highest BCUT2D eigenvalue weighted by Gasteiger charge is 1.96. The van der Waals surface area contributed by atoms with Gasteiger partial charge in [0.1, 0.15) is 0 Å². The highest BCUT2D eigenvalue weighted by Crippen LogP contribution is 2.21. The Morgan fingerprint density at radius 1 is 1.13 bits per heavy atom. The maximum Gasteiger partial charge on any atom is 0.0757 e. The van der Waals surface area contributed by atoms with Gasteiger partial charge >= 0.3 is 0 Å². The van der Waals surface area contributed by atoms with Gasteiger partial charge in [-0.15, -0.1) is 0 Å². The van der Waals surface area contributed by atoms with Crippen molar-refractivity contribution >= 4 is 23.9 Å². The van der Waals surface area contributed by atoms with E-state index in [1.807, 2.05) is 12.1 Å². The standard InChI is InChI=1S/C12H17ClOS/c1-2-3-4-5-6-11-7-9-12(10-8-11)15-14-13/h7-10H,2-6H2,1H3. The van der Waals surface area contributed by atoms with E-state index in [1.165, 1.54) is 49.7 Å². The number of hydrogen-bond acceptors (Lipinski definition) is 2. The van der Waals surface area contributed by atoms with Crippen LogP contribution in [0, 0.1) is 0 Å². The number of aryl methyl sites for hydroxylation is 1. The van der Waals surface area contributed by atoms with Gasteiger partial charge in [-0.25, -0.2) is 3.74 Å². The second kappa shape index (κ2) is 8.03. The minimum Gasteiger partial charge on any atom is -0.202 e. The minimum absolute atomic E-state index is 1.04. The Balaban J connectivity index is 2.29. The molecule has 0 bridgehead atoms. The third-order valence-corrected chi connectivity index (χ3v) is 3.09. The molecule has 3 heteroatoms. The van der Waals surface area contributed by atoms with Crippen LogP contribution in [0.2, 0.25) is 0 Å². The Labute approximate surface area is 102 Å². The van der Waals surface area contributed by atoms with Gasteiger partial charge in [0.05, 0.1) is 23.9 Å².